The van der Waals surface area contributed by atoms with E-state index in [0.29, 0.717) is 45.6 Å². The molecule has 34 heavy (non-hydrogen) atoms. The SMILES string of the molecule is Cc1c(OCc2cc(Cl)cc3c2OCOC3)ccc2c1O/C(=C\c1ccc([N+](=O)[O-])cc1)C2=O. The number of hydrogen-bond acceptors (Lipinski definition) is 7. The summed E-state index contributed by atoms with van der Waals surface area (Å²) >= 11 is 6.23. The van der Waals surface area contributed by atoms with Gasteiger partial charge in [-0.05, 0) is 55.0 Å². The molecule has 3 aromatic carbocycles. The summed E-state index contributed by atoms with van der Waals surface area (Å²) in [5, 5.41) is 11.4. The van der Waals surface area contributed by atoms with Crippen molar-refractivity contribution in [2.24, 2.45) is 0 Å². The molecule has 0 saturated heterocycles. The normalized spacial score (nSPS) is 15.4. The number of allylic oxidation sites excluding steroid dienone is 1. The third-order valence-electron chi connectivity index (χ3n) is 5.57. The number of carbonyl (C=O) groups is 1. The summed E-state index contributed by atoms with van der Waals surface area (Å²) in [6, 6.07) is 12.9. The summed E-state index contributed by atoms with van der Waals surface area (Å²) in [6.07, 6.45) is 1.56. The summed E-state index contributed by atoms with van der Waals surface area (Å²) in [4.78, 5) is 23.2. The van der Waals surface area contributed by atoms with E-state index in [1.54, 1.807) is 42.5 Å². The zero-order chi connectivity index (χ0) is 23.8. The van der Waals surface area contributed by atoms with Crippen LogP contribution >= 0.6 is 11.6 Å². The Hall–Kier alpha value is -3.88. The number of carbonyl (C=O) groups excluding carboxylic acids is 1. The Morgan fingerprint density at radius 3 is 2.71 bits per heavy atom. The number of ether oxygens (including phenoxy) is 4. The number of non-ortho nitro benzene ring substituents is 1. The Labute approximate surface area is 199 Å². The number of ketones is 1. The van der Waals surface area contributed by atoms with Gasteiger partial charge in [-0.15, -0.1) is 0 Å². The Morgan fingerprint density at radius 1 is 1.15 bits per heavy atom. The van der Waals surface area contributed by atoms with E-state index < -0.39 is 4.92 Å². The first-order valence-corrected chi connectivity index (χ1v) is 10.8. The van der Waals surface area contributed by atoms with Crippen LogP contribution < -0.4 is 14.2 Å². The van der Waals surface area contributed by atoms with Crippen molar-refractivity contribution in [1.82, 2.24) is 0 Å². The fourth-order valence-corrected chi connectivity index (χ4v) is 4.15. The second-order valence-electron chi connectivity index (χ2n) is 7.81. The highest BCUT2D eigenvalue weighted by atomic mass is 35.5. The lowest BCUT2D eigenvalue weighted by Gasteiger charge is -2.21. The molecule has 3 aromatic rings. The van der Waals surface area contributed by atoms with Crippen molar-refractivity contribution in [3.05, 3.63) is 97.2 Å². The van der Waals surface area contributed by atoms with Gasteiger partial charge in [0.1, 0.15) is 23.9 Å². The van der Waals surface area contributed by atoms with Gasteiger partial charge in [0, 0.05) is 33.8 Å². The van der Waals surface area contributed by atoms with Crippen LogP contribution in [0.15, 0.2) is 54.3 Å². The lowest BCUT2D eigenvalue weighted by Crippen LogP contribution is -2.14. The van der Waals surface area contributed by atoms with Crippen LogP contribution in [0.5, 0.6) is 17.2 Å². The maximum Gasteiger partial charge on any atom is 0.269 e. The molecule has 8 nitrogen and oxygen atoms in total. The van der Waals surface area contributed by atoms with Crippen molar-refractivity contribution < 1.29 is 28.7 Å². The third kappa shape index (κ3) is 4.09. The molecule has 0 fully saturated rings. The van der Waals surface area contributed by atoms with Crippen molar-refractivity contribution in [2.45, 2.75) is 20.1 Å². The zero-order valence-electron chi connectivity index (χ0n) is 18.0. The fourth-order valence-electron chi connectivity index (χ4n) is 3.89. The molecule has 0 aliphatic carbocycles. The zero-order valence-corrected chi connectivity index (χ0v) is 18.8. The number of hydrogen-bond donors (Lipinski definition) is 0. The minimum absolute atomic E-state index is 0.0272. The number of fused-ring (bicyclic) bond motifs is 2. The molecule has 0 saturated carbocycles. The summed E-state index contributed by atoms with van der Waals surface area (Å²) < 4.78 is 22.9. The average Bonchev–Trinajstić information content (AvgIpc) is 3.14. The van der Waals surface area contributed by atoms with E-state index in [9.17, 15) is 14.9 Å². The Balaban J connectivity index is 1.37. The van der Waals surface area contributed by atoms with Crippen LogP contribution in [-0.2, 0) is 18.0 Å². The van der Waals surface area contributed by atoms with Gasteiger partial charge in [0.2, 0.25) is 5.78 Å². The highest BCUT2D eigenvalue weighted by molar-refractivity contribution is 6.30. The topological polar surface area (TPSA) is 97.1 Å². The van der Waals surface area contributed by atoms with Crippen molar-refractivity contribution in [3.8, 4) is 17.2 Å². The molecular weight excluding hydrogens is 462 g/mol. The maximum absolute atomic E-state index is 12.8. The Morgan fingerprint density at radius 2 is 1.94 bits per heavy atom. The van der Waals surface area contributed by atoms with Gasteiger partial charge >= 0.3 is 0 Å². The van der Waals surface area contributed by atoms with Crippen molar-refractivity contribution in [1.29, 1.82) is 0 Å². The van der Waals surface area contributed by atoms with E-state index in [4.69, 9.17) is 30.5 Å². The standard InChI is InChI=1S/C25H18ClNO7/c1-14-21(32-12-17-10-18(26)9-16-11-31-13-33-25(16)17)7-6-20-23(28)22(34-24(14)20)8-15-2-4-19(5-3-15)27(29)30/h2-10H,11-13H2,1H3/b22-8-. The van der Waals surface area contributed by atoms with Crippen LogP contribution in [0.25, 0.3) is 6.08 Å². The van der Waals surface area contributed by atoms with Gasteiger partial charge in [-0.1, -0.05) is 11.6 Å². The highest BCUT2D eigenvalue weighted by Gasteiger charge is 2.30. The summed E-state index contributed by atoms with van der Waals surface area (Å²) in [6.45, 7) is 2.61. The minimum atomic E-state index is -0.478. The van der Waals surface area contributed by atoms with Crippen molar-refractivity contribution in [2.75, 3.05) is 6.79 Å². The second-order valence-corrected chi connectivity index (χ2v) is 8.24. The van der Waals surface area contributed by atoms with Crippen LogP contribution in [-0.4, -0.2) is 17.5 Å². The van der Waals surface area contributed by atoms with Crippen molar-refractivity contribution >= 4 is 29.1 Å². The van der Waals surface area contributed by atoms with Crippen LogP contribution in [0.1, 0.15) is 32.6 Å². The molecule has 0 aromatic heterocycles. The number of halogens is 1. The molecule has 0 N–H and O–H groups in total. The first kappa shape index (κ1) is 21.9. The predicted molar refractivity (Wildman–Crippen MR) is 123 cm³/mol. The fraction of sp³-hybridized carbons (Fsp3) is 0.160. The monoisotopic (exact) mass is 479 g/mol. The lowest BCUT2D eigenvalue weighted by molar-refractivity contribution is -0.384. The molecule has 2 aliphatic rings. The largest absolute Gasteiger partial charge is 0.488 e. The molecule has 0 radical (unpaired) electrons. The molecule has 0 atom stereocenters. The number of nitro groups is 1. The van der Waals surface area contributed by atoms with Crippen LogP contribution in [0, 0.1) is 17.0 Å². The Bertz CT molecular complexity index is 1350. The number of nitrogens with zero attached hydrogens (tertiary/aromatic N) is 1. The molecule has 0 amide bonds. The molecule has 9 heteroatoms. The van der Waals surface area contributed by atoms with Crippen LogP contribution in [0.4, 0.5) is 5.69 Å². The molecule has 0 spiro atoms. The van der Waals surface area contributed by atoms with E-state index in [2.05, 4.69) is 0 Å². The van der Waals surface area contributed by atoms with Crippen LogP contribution in [0.3, 0.4) is 0 Å². The van der Waals surface area contributed by atoms with Gasteiger partial charge in [-0.2, -0.15) is 0 Å². The molecule has 0 bridgehead atoms. The molecule has 5 rings (SSSR count). The van der Waals surface area contributed by atoms with Crippen molar-refractivity contribution in [3.63, 3.8) is 0 Å². The quantitative estimate of drug-likeness (QED) is 0.266. The number of rotatable bonds is 5. The van der Waals surface area contributed by atoms with E-state index in [0.717, 1.165) is 11.1 Å². The lowest BCUT2D eigenvalue weighted by atomic mass is 10.1. The minimum Gasteiger partial charge on any atom is -0.488 e. The molecule has 172 valence electrons. The number of Topliss-reactive ketones (excluding diaryl/α,β-unsaturated/α-hetero) is 1. The van der Waals surface area contributed by atoms with E-state index in [1.165, 1.54) is 12.1 Å². The third-order valence-corrected chi connectivity index (χ3v) is 5.79. The first-order valence-electron chi connectivity index (χ1n) is 10.4. The van der Waals surface area contributed by atoms with Gasteiger partial charge in [0.05, 0.1) is 17.1 Å². The molecule has 2 aliphatic heterocycles. The van der Waals surface area contributed by atoms with E-state index in [1.807, 2.05) is 6.92 Å². The highest BCUT2D eigenvalue weighted by Crippen LogP contribution is 2.40. The summed E-state index contributed by atoms with van der Waals surface area (Å²) in [7, 11) is 0. The van der Waals surface area contributed by atoms with E-state index >= 15 is 0 Å². The van der Waals surface area contributed by atoms with Gasteiger partial charge in [-0.3, -0.25) is 14.9 Å². The maximum atomic E-state index is 12.8. The predicted octanol–water partition coefficient (Wildman–Crippen LogP) is 5.62. The smallest absolute Gasteiger partial charge is 0.269 e. The number of benzene rings is 3. The van der Waals surface area contributed by atoms with Gasteiger partial charge in [0.25, 0.3) is 5.69 Å². The van der Waals surface area contributed by atoms with Gasteiger partial charge in [0.15, 0.2) is 12.6 Å². The average molecular weight is 480 g/mol. The second kappa shape index (κ2) is 8.81. The summed E-state index contributed by atoms with van der Waals surface area (Å²) in [5.74, 6) is 1.56. The Kier molecular flexibility index (Phi) is 5.69. The molecule has 0 unspecified atom stereocenters. The van der Waals surface area contributed by atoms with E-state index in [-0.39, 0.29) is 30.6 Å². The molecule has 2 heterocycles. The first-order chi connectivity index (χ1) is 16.4. The van der Waals surface area contributed by atoms with Crippen LogP contribution in [0.2, 0.25) is 5.02 Å². The number of nitro benzene ring substituents is 1. The molecular formula is C25H18ClNO7. The van der Waals surface area contributed by atoms with Gasteiger partial charge < -0.3 is 18.9 Å². The van der Waals surface area contributed by atoms with Gasteiger partial charge in [-0.25, -0.2) is 0 Å². The summed E-state index contributed by atoms with van der Waals surface area (Å²) in [5.41, 5.74) is 3.35.